The summed E-state index contributed by atoms with van der Waals surface area (Å²) in [6.45, 7) is 9.58. The van der Waals surface area contributed by atoms with Gasteiger partial charge in [0.15, 0.2) is 0 Å². The van der Waals surface area contributed by atoms with Crippen molar-refractivity contribution in [2.24, 2.45) is 11.8 Å². The van der Waals surface area contributed by atoms with Crippen LogP contribution in [0.15, 0.2) is 0 Å². The molecule has 8 heteroatoms. The Hall–Kier alpha value is -2.30. The molecule has 8 nitrogen and oxygen atoms in total. The van der Waals surface area contributed by atoms with Gasteiger partial charge in [-0.2, -0.15) is 0 Å². The van der Waals surface area contributed by atoms with Gasteiger partial charge in [-0.3, -0.25) is 0 Å². The molecule has 2 atom stereocenters. The van der Waals surface area contributed by atoms with Crippen molar-refractivity contribution >= 4 is 12.0 Å². The van der Waals surface area contributed by atoms with Gasteiger partial charge in [-0.1, -0.05) is 5.10 Å². The molecule has 1 aromatic heterocycles. The van der Waals surface area contributed by atoms with Crippen LogP contribution < -0.4 is 4.90 Å². The van der Waals surface area contributed by atoms with Crippen molar-refractivity contribution in [2.75, 3.05) is 31.1 Å². The molecule has 0 unspecified atom stereocenters. The molecule has 2 saturated heterocycles. The van der Waals surface area contributed by atoms with E-state index in [4.69, 9.17) is 11.2 Å². The standard InChI is InChI=1S/C17H26N6O2/c1-5-6-7-8-23-15(18-19-20-23)21-9-13-11-22(12-14(13)10-21)16(24)25-17(2,3)4/h1,13-14H,6-12H2,2-4H3/t13-,14+. The monoisotopic (exact) mass is 346 g/mol. The Morgan fingerprint density at radius 2 is 1.96 bits per heavy atom. The lowest BCUT2D eigenvalue weighted by atomic mass is 10.0. The molecule has 0 N–H and O–H groups in total. The fraction of sp³-hybridized carbons (Fsp3) is 0.765. The number of carbonyl (C=O) groups is 1. The van der Waals surface area contributed by atoms with Crippen molar-refractivity contribution in [3.63, 3.8) is 0 Å². The minimum absolute atomic E-state index is 0.215. The van der Waals surface area contributed by atoms with Crippen LogP contribution in [0.25, 0.3) is 0 Å². The zero-order valence-electron chi connectivity index (χ0n) is 15.2. The van der Waals surface area contributed by atoms with Crippen molar-refractivity contribution in [1.82, 2.24) is 25.1 Å². The van der Waals surface area contributed by atoms with E-state index in [0.717, 1.165) is 51.5 Å². The zero-order valence-corrected chi connectivity index (χ0v) is 15.2. The summed E-state index contributed by atoms with van der Waals surface area (Å²) in [7, 11) is 0. The number of aryl methyl sites for hydroxylation is 1. The van der Waals surface area contributed by atoms with E-state index in [2.05, 4.69) is 26.3 Å². The van der Waals surface area contributed by atoms with Gasteiger partial charge in [0.25, 0.3) is 0 Å². The smallest absolute Gasteiger partial charge is 0.410 e. The summed E-state index contributed by atoms with van der Waals surface area (Å²) in [6, 6.07) is 0. The van der Waals surface area contributed by atoms with E-state index in [-0.39, 0.29) is 6.09 Å². The second-order valence-corrected chi connectivity index (χ2v) is 7.82. The molecule has 25 heavy (non-hydrogen) atoms. The van der Waals surface area contributed by atoms with E-state index in [1.807, 2.05) is 30.4 Å². The lowest BCUT2D eigenvalue weighted by molar-refractivity contribution is 0.0282. The average molecular weight is 346 g/mol. The number of hydrogen-bond acceptors (Lipinski definition) is 6. The molecular formula is C17H26N6O2. The number of carbonyl (C=O) groups excluding carboxylic acids is 1. The van der Waals surface area contributed by atoms with Gasteiger partial charge in [-0.25, -0.2) is 9.48 Å². The van der Waals surface area contributed by atoms with Gasteiger partial charge in [0, 0.05) is 51.0 Å². The van der Waals surface area contributed by atoms with E-state index in [1.54, 1.807) is 0 Å². The van der Waals surface area contributed by atoms with Gasteiger partial charge in [0.05, 0.1) is 0 Å². The summed E-state index contributed by atoms with van der Waals surface area (Å²) in [5.41, 5.74) is -0.457. The SMILES string of the molecule is C#CCCCn1nnnc1N1C[C@H]2CN(C(=O)OC(C)(C)C)C[C@H]2C1. The zero-order chi connectivity index (χ0) is 18.0. The molecule has 1 aromatic rings. The predicted molar refractivity (Wildman–Crippen MR) is 92.9 cm³/mol. The van der Waals surface area contributed by atoms with Gasteiger partial charge in [-0.15, -0.1) is 12.3 Å². The molecule has 0 spiro atoms. The number of rotatable bonds is 4. The fourth-order valence-corrected chi connectivity index (χ4v) is 3.53. The Morgan fingerprint density at radius 1 is 1.28 bits per heavy atom. The first-order chi connectivity index (χ1) is 11.9. The highest BCUT2D eigenvalue weighted by Gasteiger charge is 2.43. The third-order valence-corrected chi connectivity index (χ3v) is 4.62. The van der Waals surface area contributed by atoms with E-state index >= 15 is 0 Å². The second-order valence-electron chi connectivity index (χ2n) is 7.82. The van der Waals surface area contributed by atoms with Crippen LogP contribution in [0.3, 0.4) is 0 Å². The largest absolute Gasteiger partial charge is 0.444 e. The number of anilines is 1. The van der Waals surface area contributed by atoms with Gasteiger partial charge in [-0.05, 0) is 37.6 Å². The van der Waals surface area contributed by atoms with Gasteiger partial charge < -0.3 is 14.5 Å². The molecule has 0 radical (unpaired) electrons. The molecule has 0 aromatic carbocycles. The maximum atomic E-state index is 12.2. The fourth-order valence-electron chi connectivity index (χ4n) is 3.53. The highest BCUT2D eigenvalue weighted by atomic mass is 16.6. The van der Waals surface area contributed by atoms with Crippen LogP contribution in [-0.4, -0.2) is 63.0 Å². The summed E-state index contributed by atoms with van der Waals surface area (Å²) in [4.78, 5) is 16.3. The van der Waals surface area contributed by atoms with E-state index in [9.17, 15) is 4.79 Å². The summed E-state index contributed by atoms with van der Waals surface area (Å²) in [6.07, 6.45) is 6.67. The van der Waals surface area contributed by atoms with E-state index in [0.29, 0.717) is 11.8 Å². The van der Waals surface area contributed by atoms with Crippen LogP contribution in [0.4, 0.5) is 10.7 Å². The minimum atomic E-state index is -0.457. The highest BCUT2D eigenvalue weighted by Crippen LogP contribution is 2.33. The maximum Gasteiger partial charge on any atom is 0.410 e. The summed E-state index contributed by atoms with van der Waals surface area (Å²) in [5.74, 6) is 4.31. The first-order valence-corrected chi connectivity index (χ1v) is 8.80. The number of nitrogens with zero attached hydrogens (tertiary/aromatic N) is 6. The molecule has 0 bridgehead atoms. The Balaban J connectivity index is 1.56. The molecule has 0 aliphatic carbocycles. The Bertz CT molecular complexity index is 645. The van der Waals surface area contributed by atoms with Crippen LogP contribution in [-0.2, 0) is 11.3 Å². The predicted octanol–water partition coefficient (Wildman–Crippen LogP) is 1.39. The number of unbranched alkanes of at least 4 members (excludes halogenated alkanes) is 1. The molecule has 0 saturated carbocycles. The normalized spacial score (nSPS) is 22.8. The topological polar surface area (TPSA) is 76.4 Å². The Labute approximate surface area is 148 Å². The number of tetrazole rings is 1. The third kappa shape index (κ3) is 4.03. The third-order valence-electron chi connectivity index (χ3n) is 4.62. The Morgan fingerprint density at radius 3 is 2.56 bits per heavy atom. The molecule has 1 amide bonds. The average Bonchev–Trinajstić information content (AvgIpc) is 3.18. The number of aromatic nitrogens is 4. The van der Waals surface area contributed by atoms with Crippen molar-refractivity contribution in [2.45, 2.75) is 45.8 Å². The van der Waals surface area contributed by atoms with Gasteiger partial charge >= 0.3 is 6.09 Å². The first-order valence-electron chi connectivity index (χ1n) is 8.80. The summed E-state index contributed by atoms with van der Waals surface area (Å²) >= 11 is 0. The van der Waals surface area contributed by atoms with Crippen molar-refractivity contribution in [1.29, 1.82) is 0 Å². The summed E-state index contributed by atoms with van der Waals surface area (Å²) in [5, 5.41) is 12.1. The lowest BCUT2D eigenvalue weighted by Crippen LogP contribution is -2.37. The number of amides is 1. The van der Waals surface area contributed by atoms with Crippen LogP contribution in [0.5, 0.6) is 0 Å². The van der Waals surface area contributed by atoms with Crippen LogP contribution in [0.2, 0.25) is 0 Å². The number of fused-ring (bicyclic) bond motifs is 1. The number of ether oxygens (including phenoxy) is 1. The maximum absolute atomic E-state index is 12.2. The second kappa shape index (κ2) is 6.90. The van der Waals surface area contributed by atoms with Crippen LogP contribution in [0.1, 0.15) is 33.6 Å². The number of hydrogen-bond donors (Lipinski definition) is 0. The molecule has 2 aliphatic rings. The lowest BCUT2D eigenvalue weighted by Gasteiger charge is -2.26. The van der Waals surface area contributed by atoms with Crippen molar-refractivity contribution in [3.05, 3.63) is 0 Å². The molecule has 3 heterocycles. The number of likely N-dealkylation sites (tertiary alicyclic amines) is 1. The summed E-state index contributed by atoms with van der Waals surface area (Å²) < 4.78 is 7.30. The Kier molecular flexibility index (Phi) is 4.84. The van der Waals surface area contributed by atoms with Gasteiger partial charge in [0.2, 0.25) is 5.95 Å². The van der Waals surface area contributed by atoms with E-state index < -0.39 is 5.60 Å². The highest BCUT2D eigenvalue weighted by molar-refractivity contribution is 5.68. The molecule has 136 valence electrons. The molecule has 3 rings (SSSR count). The minimum Gasteiger partial charge on any atom is -0.444 e. The van der Waals surface area contributed by atoms with Crippen molar-refractivity contribution < 1.29 is 9.53 Å². The van der Waals surface area contributed by atoms with Crippen LogP contribution >= 0.6 is 0 Å². The molecular weight excluding hydrogens is 320 g/mol. The number of terminal acetylenes is 1. The first kappa shape index (κ1) is 17.5. The van der Waals surface area contributed by atoms with E-state index in [1.165, 1.54) is 0 Å². The molecule has 2 fully saturated rings. The van der Waals surface area contributed by atoms with Crippen LogP contribution in [0, 0.1) is 24.2 Å². The molecule has 2 aliphatic heterocycles. The quantitative estimate of drug-likeness (QED) is 0.606. The van der Waals surface area contributed by atoms with Crippen molar-refractivity contribution in [3.8, 4) is 12.3 Å². The van der Waals surface area contributed by atoms with Gasteiger partial charge in [0.1, 0.15) is 5.60 Å².